The SMILES string of the molecule is CCN(CCNC(=NC)NCc1ccc(S(=O)(=O)NC2CC2)cc1)c1cccc(C)c1.I. The lowest BCUT2D eigenvalue weighted by Gasteiger charge is -2.24. The van der Waals surface area contributed by atoms with E-state index in [0.717, 1.165) is 38.0 Å². The van der Waals surface area contributed by atoms with Crippen molar-refractivity contribution in [3.63, 3.8) is 0 Å². The van der Waals surface area contributed by atoms with Gasteiger partial charge in [0.25, 0.3) is 0 Å². The van der Waals surface area contributed by atoms with Gasteiger partial charge in [0, 0.05) is 45.0 Å². The zero-order valence-corrected chi connectivity index (χ0v) is 22.1. The number of hydrogen-bond acceptors (Lipinski definition) is 4. The molecule has 1 aliphatic rings. The highest BCUT2D eigenvalue weighted by Gasteiger charge is 2.27. The van der Waals surface area contributed by atoms with Crippen molar-refractivity contribution >= 4 is 45.6 Å². The van der Waals surface area contributed by atoms with Gasteiger partial charge in [-0.3, -0.25) is 4.99 Å². The van der Waals surface area contributed by atoms with Gasteiger partial charge in [-0.2, -0.15) is 0 Å². The Morgan fingerprint density at radius 2 is 1.84 bits per heavy atom. The van der Waals surface area contributed by atoms with E-state index in [9.17, 15) is 8.42 Å². The van der Waals surface area contributed by atoms with Crippen LogP contribution in [-0.2, 0) is 16.6 Å². The number of aliphatic imine (C=N–C) groups is 1. The second-order valence-corrected chi connectivity index (χ2v) is 9.52. The summed E-state index contributed by atoms with van der Waals surface area (Å²) >= 11 is 0. The Morgan fingerprint density at radius 1 is 1.12 bits per heavy atom. The first-order valence-corrected chi connectivity index (χ1v) is 12.3. The molecule has 0 amide bonds. The number of likely N-dealkylation sites (N-methyl/N-ethyl adjacent to an activating group) is 1. The number of anilines is 1. The van der Waals surface area contributed by atoms with Crippen LogP contribution in [0.5, 0.6) is 0 Å². The highest BCUT2D eigenvalue weighted by Crippen LogP contribution is 2.22. The smallest absolute Gasteiger partial charge is 0.240 e. The van der Waals surface area contributed by atoms with Crippen LogP contribution in [0.3, 0.4) is 0 Å². The Balaban J connectivity index is 0.00000363. The molecule has 3 rings (SSSR count). The fourth-order valence-corrected chi connectivity index (χ4v) is 4.59. The van der Waals surface area contributed by atoms with E-state index in [1.54, 1.807) is 19.2 Å². The average molecular weight is 572 g/mol. The Morgan fingerprint density at radius 3 is 2.44 bits per heavy atom. The Kier molecular flexibility index (Phi) is 10.2. The minimum Gasteiger partial charge on any atom is -0.370 e. The number of aryl methyl sites for hydroxylation is 1. The second kappa shape index (κ2) is 12.4. The number of hydrogen-bond donors (Lipinski definition) is 3. The maximum absolute atomic E-state index is 12.3. The van der Waals surface area contributed by atoms with E-state index in [4.69, 9.17) is 0 Å². The molecule has 0 bridgehead atoms. The van der Waals surface area contributed by atoms with Gasteiger partial charge in [-0.1, -0.05) is 24.3 Å². The van der Waals surface area contributed by atoms with Gasteiger partial charge in [-0.05, 0) is 62.1 Å². The van der Waals surface area contributed by atoms with Crippen molar-refractivity contribution in [2.24, 2.45) is 4.99 Å². The molecule has 2 aromatic rings. The Hall–Kier alpha value is -1.85. The van der Waals surface area contributed by atoms with E-state index in [2.05, 4.69) is 63.4 Å². The summed E-state index contributed by atoms with van der Waals surface area (Å²) in [5.74, 6) is 0.715. The van der Waals surface area contributed by atoms with E-state index in [1.165, 1.54) is 11.3 Å². The first-order valence-electron chi connectivity index (χ1n) is 10.8. The molecule has 0 aliphatic heterocycles. The summed E-state index contributed by atoms with van der Waals surface area (Å²) in [6.45, 7) is 7.37. The lowest BCUT2D eigenvalue weighted by Crippen LogP contribution is -2.41. The lowest BCUT2D eigenvalue weighted by atomic mass is 10.2. The quantitative estimate of drug-likeness (QED) is 0.232. The van der Waals surface area contributed by atoms with Crippen LogP contribution >= 0.6 is 24.0 Å². The molecule has 1 saturated carbocycles. The van der Waals surface area contributed by atoms with Gasteiger partial charge in [0.2, 0.25) is 10.0 Å². The predicted octanol–water partition coefficient (Wildman–Crippen LogP) is 3.25. The maximum atomic E-state index is 12.3. The second-order valence-electron chi connectivity index (χ2n) is 7.81. The molecular weight excluding hydrogens is 537 g/mol. The van der Waals surface area contributed by atoms with Gasteiger partial charge in [-0.25, -0.2) is 13.1 Å². The van der Waals surface area contributed by atoms with Crippen molar-refractivity contribution in [2.45, 2.75) is 44.2 Å². The highest BCUT2D eigenvalue weighted by molar-refractivity contribution is 14.0. The molecule has 0 unspecified atom stereocenters. The van der Waals surface area contributed by atoms with Crippen LogP contribution in [0.25, 0.3) is 0 Å². The topological polar surface area (TPSA) is 85.8 Å². The summed E-state index contributed by atoms with van der Waals surface area (Å²) in [6.07, 6.45) is 1.85. The van der Waals surface area contributed by atoms with Crippen molar-refractivity contribution < 1.29 is 8.42 Å². The fourth-order valence-electron chi connectivity index (χ4n) is 3.29. The largest absolute Gasteiger partial charge is 0.370 e. The first-order chi connectivity index (χ1) is 14.9. The molecule has 0 spiro atoms. The van der Waals surface area contributed by atoms with Crippen molar-refractivity contribution in [3.8, 4) is 0 Å². The number of nitrogens with one attached hydrogen (secondary N) is 3. The summed E-state index contributed by atoms with van der Waals surface area (Å²) in [6, 6.07) is 15.6. The van der Waals surface area contributed by atoms with Crippen LogP contribution < -0.4 is 20.3 Å². The molecule has 1 aliphatic carbocycles. The van der Waals surface area contributed by atoms with Crippen LogP contribution in [0.1, 0.15) is 30.9 Å². The van der Waals surface area contributed by atoms with Gasteiger partial charge >= 0.3 is 0 Å². The molecule has 0 atom stereocenters. The van der Waals surface area contributed by atoms with Gasteiger partial charge in [0.15, 0.2) is 5.96 Å². The molecule has 3 N–H and O–H groups in total. The summed E-state index contributed by atoms with van der Waals surface area (Å²) < 4.78 is 27.2. The highest BCUT2D eigenvalue weighted by atomic mass is 127. The van der Waals surface area contributed by atoms with Crippen molar-refractivity contribution in [1.29, 1.82) is 0 Å². The van der Waals surface area contributed by atoms with Crippen LogP contribution in [0.15, 0.2) is 58.4 Å². The minimum absolute atomic E-state index is 0. The van der Waals surface area contributed by atoms with Crippen molar-refractivity contribution in [2.75, 3.05) is 31.6 Å². The molecular formula is C23H34IN5O2S. The van der Waals surface area contributed by atoms with E-state index in [-0.39, 0.29) is 30.0 Å². The van der Waals surface area contributed by atoms with Gasteiger partial charge in [0.1, 0.15) is 0 Å². The van der Waals surface area contributed by atoms with E-state index < -0.39 is 10.0 Å². The van der Waals surface area contributed by atoms with Crippen molar-refractivity contribution in [1.82, 2.24) is 15.4 Å². The number of rotatable bonds is 10. The minimum atomic E-state index is -3.41. The number of nitrogens with zero attached hydrogens (tertiary/aromatic N) is 2. The van der Waals surface area contributed by atoms with Crippen LogP contribution in [0.4, 0.5) is 5.69 Å². The zero-order valence-electron chi connectivity index (χ0n) is 19.0. The Bertz CT molecular complexity index is 992. The Labute approximate surface area is 209 Å². The van der Waals surface area contributed by atoms with E-state index in [0.29, 0.717) is 17.4 Å². The third-order valence-corrected chi connectivity index (χ3v) is 6.78. The van der Waals surface area contributed by atoms with Gasteiger partial charge in [0.05, 0.1) is 4.90 Å². The summed E-state index contributed by atoms with van der Waals surface area (Å²) in [4.78, 5) is 6.91. The number of sulfonamides is 1. The average Bonchev–Trinajstić information content (AvgIpc) is 3.57. The molecule has 0 aromatic heterocycles. The molecule has 1 fully saturated rings. The molecule has 9 heteroatoms. The normalized spacial score (nSPS) is 13.9. The van der Waals surface area contributed by atoms with Crippen LogP contribution in [-0.4, -0.2) is 47.1 Å². The number of halogens is 1. The number of guanidine groups is 1. The summed E-state index contributed by atoms with van der Waals surface area (Å²) in [5.41, 5.74) is 3.46. The van der Waals surface area contributed by atoms with E-state index >= 15 is 0 Å². The molecule has 32 heavy (non-hydrogen) atoms. The lowest BCUT2D eigenvalue weighted by molar-refractivity contribution is 0.581. The number of benzene rings is 2. The third kappa shape index (κ3) is 7.93. The van der Waals surface area contributed by atoms with Crippen LogP contribution in [0, 0.1) is 6.92 Å². The molecule has 2 aromatic carbocycles. The van der Waals surface area contributed by atoms with E-state index in [1.807, 2.05) is 12.1 Å². The van der Waals surface area contributed by atoms with Gasteiger partial charge < -0.3 is 15.5 Å². The van der Waals surface area contributed by atoms with Crippen molar-refractivity contribution in [3.05, 3.63) is 59.7 Å². The third-order valence-electron chi connectivity index (χ3n) is 5.24. The molecule has 0 radical (unpaired) electrons. The maximum Gasteiger partial charge on any atom is 0.240 e. The molecule has 176 valence electrons. The fraction of sp³-hybridized carbons (Fsp3) is 0.435. The summed E-state index contributed by atoms with van der Waals surface area (Å²) in [7, 11) is -1.67. The summed E-state index contributed by atoms with van der Waals surface area (Å²) in [5, 5.41) is 6.63. The zero-order chi connectivity index (χ0) is 22.3. The van der Waals surface area contributed by atoms with Crippen LogP contribution in [0.2, 0.25) is 0 Å². The van der Waals surface area contributed by atoms with Gasteiger partial charge in [-0.15, -0.1) is 24.0 Å². The monoisotopic (exact) mass is 571 g/mol. The predicted molar refractivity (Wildman–Crippen MR) is 142 cm³/mol. The molecule has 0 saturated heterocycles. The molecule has 0 heterocycles. The molecule has 7 nitrogen and oxygen atoms in total. The standard InChI is InChI=1S/C23H33N5O2S.HI/c1-4-28(21-7-5-6-18(2)16-21)15-14-25-23(24-3)26-17-19-8-12-22(13-9-19)31(29,30)27-20-10-11-20;/h5-9,12-13,16,20,27H,4,10-11,14-15,17H2,1-3H3,(H2,24,25,26);1H. The first kappa shape index (κ1) is 26.4.